The number of rotatable bonds is 3. The lowest BCUT2D eigenvalue weighted by molar-refractivity contribution is -0.137. The predicted molar refractivity (Wildman–Crippen MR) is 72.0 cm³/mol. The highest BCUT2D eigenvalue weighted by Crippen LogP contribution is 2.24. The Morgan fingerprint density at radius 1 is 1.40 bits per heavy atom. The highest BCUT2D eigenvalue weighted by atomic mass is 19.1. The number of esters is 1. The van der Waals surface area contributed by atoms with E-state index in [9.17, 15) is 14.0 Å². The van der Waals surface area contributed by atoms with E-state index in [4.69, 9.17) is 9.47 Å². The van der Waals surface area contributed by atoms with Crippen molar-refractivity contribution in [1.82, 2.24) is 4.90 Å². The van der Waals surface area contributed by atoms with Crippen LogP contribution in [0, 0.1) is 0 Å². The molecule has 0 N–H and O–H groups in total. The zero-order chi connectivity index (χ0) is 15.3. The minimum Gasteiger partial charge on any atom is -0.463 e. The van der Waals surface area contributed by atoms with Crippen molar-refractivity contribution in [3.63, 3.8) is 0 Å². The number of halogens is 1. The Hall–Kier alpha value is -1.59. The number of nitrogens with zero attached hydrogens (tertiary/aromatic N) is 1. The lowest BCUT2D eigenvalue weighted by Crippen LogP contribution is -2.39. The van der Waals surface area contributed by atoms with Crippen molar-refractivity contribution in [3.8, 4) is 0 Å². The Balaban J connectivity index is 2.69. The number of likely N-dealkylation sites (tertiary alicyclic amines) is 1. The third kappa shape index (κ3) is 5.19. The number of ether oxygens (including phenoxy) is 2. The average Bonchev–Trinajstić information content (AvgIpc) is 2.66. The van der Waals surface area contributed by atoms with Crippen LogP contribution in [0.25, 0.3) is 0 Å². The molecule has 0 spiro atoms. The minimum absolute atomic E-state index is 0.0211. The van der Waals surface area contributed by atoms with Gasteiger partial charge in [0.2, 0.25) is 0 Å². The minimum atomic E-state index is -1.11. The molecule has 1 amide bonds. The molecule has 1 rings (SSSR count). The average molecular weight is 287 g/mol. The molecule has 0 radical (unpaired) electrons. The summed E-state index contributed by atoms with van der Waals surface area (Å²) < 4.78 is 23.5. The van der Waals surface area contributed by atoms with Gasteiger partial charge in [-0.25, -0.2) is 14.0 Å². The third-order valence-corrected chi connectivity index (χ3v) is 2.66. The van der Waals surface area contributed by atoms with Crippen molar-refractivity contribution in [2.24, 2.45) is 0 Å². The lowest BCUT2D eigenvalue weighted by Gasteiger charge is -2.27. The molecule has 20 heavy (non-hydrogen) atoms. The topological polar surface area (TPSA) is 55.8 Å². The summed E-state index contributed by atoms with van der Waals surface area (Å²) in [6.45, 7) is 7.19. The Morgan fingerprint density at radius 3 is 2.60 bits per heavy atom. The van der Waals surface area contributed by atoms with E-state index >= 15 is 0 Å². The molecule has 1 aliphatic rings. The molecule has 6 heteroatoms. The van der Waals surface area contributed by atoms with Gasteiger partial charge in [0.05, 0.1) is 19.2 Å². The normalized spacial score (nSPS) is 23.1. The maximum atomic E-state index is 13.5. The van der Waals surface area contributed by atoms with Crippen molar-refractivity contribution < 1.29 is 23.5 Å². The fraction of sp³-hybridized carbons (Fsp3) is 0.714. The summed E-state index contributed by atoms with van der Waals surface area (Å²) in [5.74, 6) is -0.501. The molecule has 5 nitrogen and oxygen atoms in total. The van der Waals surface area contributed by atoms with Gasteiger partial charge in [-0.05, 0) is 27.7 Å². The van der Waals surface area contributed by atoms with Gasteiger partial charge in [0.15, 0.2) is 0 Å². The second-order valence-electron chi connectivity index (χ2n) is 5.64. The molecule has 0 unspecified atom stereocenters. The number of alkyl halides is 1. The van der Waals surface area contributed by atoms with Crippen LogP contribution >= 0.6 is 0 Å². The first-order chi connectivity index (χ1) is 9.23. The van der Waals surface area contributed by atoms with Crippen LogP contribution in [-0.4, -0.2) is 47.9 Å². The van der Waals surface area contributed by atoms with E-state index in [1.54, 1.807) is 27.7 Å². The van der Waals surface area contributed by atoms with E-state index < -0.39 is 29.9 Å². The molecule has 0 bridgehead atoms. The first-order valence-corrected chi connectivity index (χ1v) is 6.71. The molecule has 0 aliphatic carbocycles. The first-order valence-electron chi connectivity index (χ1n) is 6.71. The van der Waals surface area contributed by atoms with Crippen LogP contribution in [-0.2, 0) is 14.3 Å². The predicted octanol–water partition coefficient (Wildman–Crippen LogP) is 2.45. The maximum absolute atomic E-state index is 13.5. The Labute approximate surface area is 118 Å². The molecule has 0 saturated carbocycles. The summed E-state index contributed by atoms with van der Waals surface area (Å²) in [6.07, 6.45) is 1.19. The Kier molecular flexibility index (Phi) is 5.53. The standard InChI is InChI=1S/C14H22FNO4/c1-5-19-12(17)7-6-11-8-10(15)9-16(11)13(18)20-14(2,3)4/h6-7,10-11H,5,8-9H2,1-4H3/b7-6+/t10-,11-/m0/s1. The Bertz CT molecular complexity index is 389. The van der Waals surface area contributed by atoms with Crippen molar-refractivity contribution in [3.05, 3.63) is 12.2 Å². The molecule has 1 aliphatic heterocycles. The van der Waals surface area contributed by atoms with Crippen LogP contribution in [0.3, 0.4) is 0 Å². The number of carbonyl (C=O) groups is 2. The molecule has 0 aromatic rings. The van der Waals surface area contributed by atoms with Crippen molar-refractivity contribution in [2.75, 3.05) is 13.2 Å². The second kappa shape index (κ2) is 6.72. The van der Waals surface area contributed by atoms with Crippen LogP contribution in [0.4, 0.5) is 9.18 Å². The van der Waals surface area contributed by atoms with Gasteiger partial charge in [-0.1, -0.05) is 6.08 Å². The van der Waals surface area contributed by atoms with Gasteiger partial charge in [0.25, 0.3) is 0 Å². The number of hydrogen-bond acceptors (Lipinski definition) is 4. The van der Waals surface area contributed by atoms with Gasteiger partial charge in [0, 0.05) is 12.5 Å². The van der Waals surface area contributed by atoms with Crippen LogP contribution < -0.4 is 0 Å². The van der Waals surface area contributed by atoms with Gasteiger partial charge in [-0.2, -0.15) is 0 Å². The largest absolute Gasteiger partial charge is 0.463 e. The third-order valence-electron chi connectivity index (χ3n) is 2.66. The van der Waals surface area contributed by atoms with Gasteiger partial charge in [0.1, 0.15) is 11.8 Å². The molecule has 1 saturated heterocycles. The summed E-state index contributed by atoms with van der Waals surface area (Å²) in [4.78, 5) is 24.5. The summed E-state index contributed by atoms with van der Waals surface area (Å²) in [5.41, 5.74) is -0.638. The highest BCUT2D eigenvalue weighted by Gasteiger charge is 2.36. The van der Waals surface area contributed by atoms with E-state index in [1.807, 2.05) is 0 Å². The van der Waals surface area contributed by atoms with Crippen molar-refractivity contribution >= 4 is 12.1 Å². The SMILES string of the molecule is CCOC(=O)/C=C/[C@H]1C[C@H](F)CN1C(=O)OC(C)(C)C. The molecular formula is C14H22FNO4. The molecule has 0 aromatic heterocycles. The fourth-order valence-corrected chi connectivity index (χ4v) is 1.91. The van der Waals surface area contributed by atoms with Crippen molar-refractivity contribution in [1.29, 1.82) is 0 Å². The van der Waals surface area contributed by atoms with Crippen LogP contribution in [0.1, 0.15) is 34.1 Å². The van der Waals surface area contributed by atoms with E-state index in [-0.39, 0.29) is 19.6 Å². The van der Waals surface area contributed by atoms with E-state index in [0.29, 0.717) is 0 Å². The van der Waals surface area contributed by atoms with E-state index in [1.165, 1.54) is 17.1 Å². The summed E-state index contributed by atoms with van der Waals surface area (Å²) in [7, 11) is 0. The number of hydrogen-bond donors (Lipinski definition) is 0. The van der Waals surface area contributed by atoms with Gasteiger partial charge in [-0.3, -0.25) is 4.90 Å². The van der Waals surface area contributed by atoms with E-state index in [0.717, 1.165) is 0 Å². The number of amides is 1. The molecule has 0 aromatic carbocycles. The monoisotopic (exact) mass is 287 g/mol. The molecular weight excluding hydrogens is 265 g/mol. The highest BCUT2D eigenvalue weighted by molar-refractivity contribution is 5.82. The zero-order valence-corrected chi connectivity index (χ0v) is 12.4. The summed E-state index contributed by atoms with van der Waals surface area (Å²) in [5, 5.41) is 0. The van der Waals surface area contributed by atoms with Crippen LogP contribution in [0.5, 0.6) is 0 Å². The summed E-state index contributed by atoms with van der Waals surface area (Å²) in [6, 6.07) is -0.482. The zero-order valence-electron chi connectivity index (χ0n) is 12.4. The molecule has 1 fully saturated rings. The lowest BCUT2D eigenvalue weighted by atomic mass is 10.2. The maximum Gasteiger partial charge on any atom is 0.410 e. The van der Waals surface area contributed by atoms with E-state index in [2.05, 4.69) is 0 Å². The summed E-state index contributed by atoms with van der Waals surface area (Å²) >= 11 is 0. The van der Waals surface area contributed by atoms with Gasteiger partial charge >= 0.3 is 12.1 Å². The smallest absolute Gasteiger partial charge is 0.410 e. The van der Waals surface area contributed by atoms with Crippen molar-refractivity contribution in [2.45, 2.75) is 51.9 Å². The van der Waals surface area contributed by atoms with Crippen LogP contribution in [0.2, 0.25) is 0 Å². The fourth-order valence-electron chi connectivity index (χ4n) is 1.91. The quantitative estimate of drug-likeness (QED) is 0.591. The van der Waals surface area contributed by atoms with Gasteiger partial charge < -0.3 is 9.47 Å². The first kappa shape index (κ1) is 16.5. The second-order valence-corrected chi connectivity index (χ2v) is 5.64. The molecule has 1 heterocycles. The Morgan fingerprint density at radius 2 is 2.05 bits per heavy atom. The van der Waals surface area contributed by atoms with Crippen LogP contribution in [0.15, 0.2) is 12.2 Å². The molecule has 114 valence electrons. The number of carbonyl (C=O) groups excluding carboxylic acids is 2. The molecule has 2 atom stereocenters. The van der Waals surface area contributed by atoms with Gasteiger partial charge in [-0.15, -0.1) is 0 Å².